The Bertz CT molecular complexity index is 956. The predicted molar refractivity (Wildman–Crippen MR) is 91.2 cm³/mol. The maximum atomic E-state index is 13.1. The minimum Gasteiger partial charge on any atom is -0.462 e. The molecule has 7 heteroatoms. The normalized spacial score (nSPS) is 11.0. The van der Waals surface area contributed by atoms with Gasteiger partial charge in [0.15, 0.2) is 11.0 Å². The van der Waals surface area contributed by atoms with Gasteiger partial charge in [0.05, 0.1) is 21.0 Å². The van der Waals surface area contributed by atoms with Crippen molar-refractivity contribution >= 4 is 51.5 Å². The van der Waals surface area contributed by atoms with Gasteiger partial charge in [-0.1, -0.05) is 34.8 Å². The SMILES string of the molecule is O=c1c(CNc2ccc(F)c(Cl)c2)coc2c(Cl)cc(Cl)cc12. The Labute approximate surface area is 145 Å². The molecule has 0 unspecified atom stereocenters. The van der Waals surface area contributed by atoms with Gasteiger partial charge in [-0.25, -0.2) is 4.39 Å². The first-order valence-corrected chi connectivity index (χ1v) is 7.67. The second-order valence-corrected chi connectivity index (χ2v) is 6.09. The van der Waals surface area contributed by atoms with E-state index < -0.39 is 5.82 Å². The van der Waals surface area contributed by atoms with Crippen LogP contribution in [-0.2, 0) is 6.54 Å². The summed E-state index contributed by atoms with van der Waals surface area (Å²) < 4.78 is 18.6. The van der Waals surface area contributed by atoms with Crippen molar-refractivity contribution in [1.29, 1.82) is 0 Å². The van der Waals surface area contributed by atoms with Gasteiger partial charge < -0.3 is 9.73 Å². The Morgan fingerprint density at radius 1 is 1.09 bits per heavy atom. The third kappa shape index (κ3) is 3.29. The molecule has 0 atom stereocenters. The van der Waals surface area contributed by atoms with E-state index >= 15 is 0 Å². The van der Waals surface area contributed by atoms with Crippen molar-refractivity contribution in [3.05, 3.63) is 73.3 Å². The molecule has 0 bridgehead atoms. The van der Waals surface area contributed by atoms with Crippen molar-refractivity contribution in [2.45, 2.75) is 6.54 Å². The lowest BCUT2D eigenvalue weighted by Crippen LogP contribution is -2.13. The van der Waals surface area contributed by atoms with E-state index in [0.29, 0.717) is 21.7 Å². The molecule has 0 aliphatic rings. The third-order valence-corrected chi connectivity index (χ3v) is 4.05. The van der Waals surface area contributed by atoms with Crippen molar-refractivity contribution in [3.8, 4) is 0 Å². The Morgan fingerprint density at radius 2 is 1.87 bits per heavy atom. The highest BCUT2D eigenvalue weighted by Crippen LogP contribution is 2.26. The van der Waals surface area contributed by atoms with Gasteiger partial charge >= 0.3 is 0 Å². The van der Waals surface area contributed by atoms with Gasteiger partial charge in [0.25, 0.3) is 0 Å². The monoisotopic (exact) mass is 371 g/mol. The zero-order chi connectivity index (χ0) is 16.6. The lowest BCUT2D eigenvalue weighted by molar-refractivity contribution is 0.594. The lowest BCUT2D eigenvalue weighted by atomic mass is 10.1. The molecule has 0 saturated heterocycles. The van der Waals surface area contributed by atoms with Gasteiger partial charge in [0, 0.05) is 17.3 Å². The van der Waals surface area contributed by atoms with Crippen molar-refractivity contribution in [3.63, 3.8) is 0 Å². The van der Waals surface area contributed by atoms with E-state index in [2.05, 4.69) is 5.32 Å². The van der Waals surface area contributed by atoms with Crippen molar-refractivity contribution in [2.75, 3.05) is 5.32 Å². The summed E-state index contributed by atoms with van der Waals surface area (Å²) in [7, 11) is 0. The minimum atomic E-state index is -0.508. The van der Waals surface area contributed by atoms with Crippen LogP contribution in [0, 0.1) is 5.82 Å². The number of anilines is 1. The molecule has 0 aliphatic heterocycles. The topological polar surface area (TPSA) is 42.2 Å². The highest BCUT2D eigenvalue weighted by atomic mass is 35.5. The first-order chi connectivity index (χ1) is 11.0. The molecule has 2 aromatic carbocycles. The summed E-state index contributed by atoms with van der Waals surface area (Å²) in [5.41, 5.74) is 1.02. The third-order valence-electron chi connectivity index (χ3n) is 3.27. The number of halogens is 4. The van der Waals surface area contributed by atoms with E-state index in [1.54, 1.807) is 0 Å². The summed E-state index contributed by atoms with van der Waals surface area (Å²) in [5, 5.41) is 3.92. The Morgan fingerprint density at radius 3 is 2.61 bits per heavy atom. The van der Waals surface area contributed by atoms with Crippen LogP contribution in [0.2, 0.25) is 15.1 Å². The molecule has 3 nitrogen and oxygen atoms in total. The van der Waals surface area contributed by atoms with Gasteiger partial charge in [-0.05, 0) is 30.3 Å². The molecule has 23 heavy (non-hydrogen) atoms. The second kappa shape index (κ2) is 6.40. The fourth-order valence-corrected chi connectivity index (χ4v) is 2.85. The average molecular weight is 373 g/mol. The molecule has 3 rings (SSSR count). The van der Waals surface area contributed by atoms with Crippen LogP contribution < -0.4 is 10.7 Å². The number of hydrogen-bond acceptors (Lipinski definition) is 3. The molecule has 0 fully saturated rings. The number of fused-ring (bicyclic) bond motifs is 1. The Kier molecular flexibility index (Phi) is 4.48. The minimum absolute atomic E-state index is 0.000824. The number of nitrogens with one attached hydrogen (secondary N) is 1. The van der Waals surface area contributed by atoms with E-state index in [-0.39, 0.29) is 27.6 Å². The number of benzene rings is 2. The largest absolute Gasteiger partial charge is 0.462 e. The highest BCUT2D eigenvalue weighted by Gasteiger charge is 2.11. The van der Waals surface area contributed by atoms with Gasteiger partial charge in [0.1, 0.15) is 12.1 Å². The van der Waals surface area contributed by atoms with E-state index in [0.717, 1.165) is 0 Å². The molecule has 0 spiro atoms. The fraction of sp³-hybridized carbons (Fsp3) is 0.0625. The van der Waals surface area contributed by atoms with Gasteiger partial charge in [-0.15, -0.1) is 0 Å². The summed E-state index contributed by atoms with van der Waals surface area (Å²) in [5.74, 6) is -0.508. The lowest BCUT2D eigenvalue weighted by Gasteiger charge is -2.08. The molecule has 1 aromatic heterocycles. The van der Waals surface area contributed by atoms with E-state index in [1.807, 2.05) is 0 Å². The van der Waals surface area contributed by atoms with E-state index in [4.69, 9.17) is 39.2 Å². The van der Waals surface area contributed by atoms with E-state index in [9.17, 15) is 9.18 Å². The molecular weight excluding hydrogens is 364 g/mol. The van der Waals surface area contributed by atoms with Crippen LogP contribution in [0.4, 0.5) is 10.1 Å². The van der Waals surface area contributed by atoms with Crippen LogP contribution in [0.3, 0.4) is 0 Å². The number of rotatable bonds is 3. The maximum Gasteiger partial charge on any atom is 0.197 e. The van der Waals surface area contributed by atoms with Crippen LogP contribution in [-0.4, -0.2) is 0 Å². The zero-order valence-corrected chi connectivity index (χ0v) is 13.8. The van der Waals surface area contributed by atoms with Crippen LogP contribution in [0.25, 0.3) is 11.0 Å². The molecule has 3 aromatic rings. The van der Waals surface area contributed by atoms with Crippen LogP contribution in [0.5, 0.6) is 0 Å². The van der Waals surface area contributed by atoms with Gasteiger partial charge in [0.2, 0.25) is 0 Å². The average Bonchev–Trinajstić information content (AvgIpc) is 2.50. The van der Waals surface area contributed by atoms with Crippen LogP contribution >= 0.6 is 34.8 Å². The Balaban J connectivity index is 1.93. The van der Waals surface area contributed by atoms with Gasteiger partial charge in [-0.2, -0.15) is 0 Å². The zero-order valence-electron chi connectivity index (χ0n) is 11.5. The van der Waals surface area contributed by atoms with Crippen LogP contribution in [0.15, 0.2) is 45.8 Å². The molecule has 1 heterocycles. The van der Waals surface area contributed by atoms with Gasteiger partial charge in [-0.3, -0.25) is 4.79 Å². The highest BCUT2D eigenvalue weighted by molar-refractivity contribution is 6.38. The molecule has 1 N–H and O–H groups in total. The molecule has 118 valence electrons. The molecule has 0 aliphatic carbocycles. The fourth-order valence-electron chi connectivity index (χ4n) is 2.13. The first-order valence-electron chi connectivity index (χ1n) is 6.54. The standard InChI is InChI=1S/C16H9Cl3FNO2/c17-9-3-11-15(22)8(7-23-16(11)13(19)4-9)6-21-10-1-2-14(20)12(18)5-10/h1-5,7,21H,6H2. The molecule has 0 saturated carbocycles. The quantitative estimate of drug-likeness (QED) is 0.659. The van der Waals surface area contributed by atoms with Crippen molar-refractivity contribution < 1.29 is 8.81 Å². The number of hydrogen-bond donors (Lipinski definition) is 1. The smallest absolute Gasteiger partial charge is 0.197 e. The van der Waals surface area contributed by atoms with Crippen LogP contribution in [0.1, 0.15) is 5.56 Å². The van der Waals surface area contributed by atoms with E-state index in [1.165, 1.54) is 36.6 Å². The summed E-state index contributed by atoms with van der Waals surface area (Å²) in [6.45, 7) is 0.185. The predicted octanol–water partition coefficient (Wildman–Crippen LogP) is 5.50. The maximum absolute atomic E-state index is 13.1. The summed E-state index contributed by atoms with van der Waals surface area (Å²) in [6, 6.07) is 7.22. The summed E-state index contributed by atoms with van der Waals surface area (Å²) in [6.07, 6.45) is 1.34. The summed E-state index contributed by atoms with van der Waals surface area (Å²) >= 11 is 17.6. The molecule has 0 radical (unpaired) electrons. The summed E-state index contributed by atoms with van der Waals surface area (Å²) in [4.78, 5) is 12.5. The second-order valence-electron chi connectivity index (χ2n) is 4.84. The first kappa shape index (κ1) is 16.1. The molecular formula is C16H9Cl3FNO2. The Hall–Kier alpha value is -1.75. The van der Waals surface area contributed by atoms with Crippen molar-refractivity contribution in [1.82, 2.24) is 0 Å². The van der Waals surface area contributed by atoms with Crippen molar-refractivity contribution in [2.24, 2.45) is 0 Å². The molecule has 0 amide bonds.